The number of aryl methyl sites for hydroxylation is 1. The van der Waals surface area contributed by atoms with E-state index >= 15 is 0 Å². The van der Waals surface area contributed by atoms with Crippen molar-refractivity contribution in [1.29, 1.82) is 0 Å². The van der Waals surface area contributed by atoms with Gasteiger partial charge >= 0.3 is 0 Å². The average Bonchev–Trinajstić information content (AvgIpc) is 2.84. The van der Waals surface area contributed by atoms with Crippen molar-refractivity contribution in [3.05, 3.63) is 30.1 Å². The lowest BCUT2D eigenvalue weighted by Crippen LogP contribution is -2.26. The predicted octanol–water partition coefficient (Wildman–Crippen LogP) is 3.14. The number of hydrogen-bond acceptors (Lipinski definition) is 3. The van der Waals surface area contributed by atoms with Gasteiger partial charge < -0.3 is 5.32 Å². The second-order valence-corrected chi connectivity index (χ2v) is 5.95. The summed E-state index contributed by atoms with van der Waals surface area (Å²) in [7, 11) is 0. The van der Waals surface area contributed by atoms with Crippen LogP contribution in [-0.4, -0.2) is 25.9 Å². The number of rotatable bonds is 4. The number of H-pyrrole nitrogens is 1. The van der Waals surface area contributed by atoms with Crippen LogP contribution in [-0.2, 0) is 4.79 Å². The Kier molecular flexibility index (Phi) is 4.54. The highest BCUT2D eigenvalue weighted by Crippen LogP contribution is 2.21. The number of nitrogens with zero attached hydrogens (tertiary/aromatic N) is 2. The number of alkyl halides is 1. The first kappa shape index (κ1) is 14.7. The summed E-state index contributed by atoms with van der Waals surface area (Å²) in [6, 6.07) is 7.49. The summed E-state index contributed by atoms with van der Waals surface area (Å²) in [6.07, 6.45) is 0. The number of carbonyl (C=O) groups excluding carboxylic acids is 1. The van der Waals surface area contributed by atoms with E-state index in [2.05, 4.69) is 36.4 Å². The largest absolute Gasteiger partial charge is 0.325 e. The zero-order valence-corrected chi connectivity index (χ0v) is 13.2. The van der Waals surface area contributed by atoms with Crippen LogP contribution in [0.1, 0.15) is 19.7 Å². The number of halogens is 1. The van der Waals surface area contributed by atoms with Crippen molar-refractivity contribution in [3.8, 4) is 11.4 Å². The molecular formula is C14H17BrN4O. The van der Waals surface area contributed by atoms with Gasteiger partial charge in [0.25, 0.3) is 0 Å². The van der Waals surface area contributed by atoms with Gasteiger partial charge in [0.2, 0.25) is 5.91 Å². The lowest BCUT2D eigenvalue weighted by molar-refractivity contribution is -0.116. The number of nitrogens with one attached hydrogen (secondary N) is 2. The zero-order chi connectivity index (χ0) is 14.7. The summed E-state index contributed by atoms with van der Waals surface area (Å²) >= 11 is 3.39. The predicted molar refractivity (Wildman–Crippen MR) is 82.7 cm³/mol. The van der Waals surface area contributed by atoms with E-state index in [4.69, 9.17) is 0 Å². The molecule has 1 amide bonds. The van der Waals surface area contributed by atoms with Gasteiger partial charge in [0.05, 0.1) is 4.83 Å². The molecule has 106 valence electrons. The summed E-state index contributed by atoms with van der Waals surface area (Å²) in [4.78, 5) is 16.1. The number of hydrogen-bond donors (Lipinski definition) is 2. The van der Waals surface area contributed by atoms with Crippen molar-refractivity contribution in [2.75, 3.05) is 5.32 Å². The first-order valence-corrected chi connectivity index (χ1v) is 7.33. The van der Waals surface area contributed by atoms with Crippen molar-refractivity contribution >= 4 is 27.5 Å². The fraction of sp³-hybridized carbons (Fsp3) is 0.357. The highest BCUT2D eigenvalue weighted by atomic mass is 79.9. The maximum absolute atomic E-state index is 12.0. The van der Waals surface area contributed by atoms with Crippen LogP contribution in [0.3, 0.4) is 0 Å². The third-order valence-electron chi connectivity index (χ3n) is 2.82. The molecular weight excluding hydrogens is 320 g/mol. The lowest BCUT2D eigenvalue weighted by atomic mass is 10.1. The Morgan fingerprint density at radius 1 is 1.40 bits per heavy atom. The minimum Gasteiger partial charge on any atom is -0.325 e. The van der Waals surface area contributed by atoms with Crippen LogP contribution >= 0.6 is 15.9 Å². The van der Waals surface area contributed by atoms with Crippen molar-refractivity contribution in [1.82, 2.24) is 15.2 Å². The molecule has 6 heteroatoms. The van der Waals surface area contributed by atoms with E-state index in [1.807, 2.05) is 45.0 Å². The van der Waals surface area contributed by atoms with Gasteiger partial charge in [-0.2, -0.15) is 5.10 Å². The van der Waals surface area contributed by atoms with Crippen molar-refractivity contribution in [2.24, 2.45) is 5.92 Å². The van der Waals surface area contributed by atoms with E-state index in [-0.39, 0.29) is 16.7 Å². The summed E-state index contributed by atoms with van der Waals surface area (Å²) in [5.74, 6) is 1.56. The molecule has 20 heavy (non-hydrogen) atoms. The first-order valence-electron chi connectivity index (χ1n) is 6.41. The summed E-state index contributed by atoms with van der Waals surface area (Å²) < 4.78 is 0. The Bertz CT molecular complexity index is 609. The highest BCUT2D eigenvalue weighted by Gasteiger charge is 2.18. The zero-order valence-electron chi connectivity index (χ0n) is 11.6. The lowest BCUT2D eigenvalue weighted by Gasteiger charge is -2.14. The molecule has 0 bridgehead atoms. The number of benzene rings is 1. The van der Waals surface area contributed by atoms with Crippen LogP contribution in [0.5, 0.6) is 0 Å². The quantitative estimate of drug-likeness (QED) is 0.842. The van der Waals surface area contributed by atoms with Gasteiger partial charge in [0.15, 0.2) is 5.82 Å². The standard InChI is InChI=1S/C14H17BrN4O/c1-8(2)12(15)14(20)17-11-6-4-5-10(7-11)13-16-9(3)18-19-13/h4-8,12H,1-3H3,(H,17,20)(H,16,18,19). The SMILES string of the molecule is Cc1nc(-c2cccc(NC(=O)C(Br)C(C)C)c2)n[nH]1. The topological polar surface area (TPSA) is 70.7 Å². The Morgan fingerprint density at radius 3 is 2.75 bits per heavy atom. The number of anilines is 1. The molecule has 2 rings (SSSR count). The summed E-state index contributed by atoms with van der Waals surface area (Å²) in [5, 5.41) is 9.80. The first-order chi connectivity index (χ1) is 9.47. The van der Waals surface area contributed by atoms with Crippen LogP contribution in [0.4, 0.5) is 5.69 Å². The Hall–Kier alpha value is -1.69. The molecule has 5 nitrogen and oxygen atoms in total. The van der Waals surface area contributed by atoms with E-state index in [0.717, 1.165) is 17.1 Å². The van der Waals surface area contributed by atoms with Crippen LogP contribution in [0.2, 0.25) is 0 Å². The molecule has 0 fully saturated rings. The molecule has 1 aromatic carbocycles. The van der Waals surface area contributed by atoms with Gasteiger partial charge in [-0.25, -0.2) is 4.98 Å². The fourth-order valence-corrected chi connectivity index (χ4v) is 1.84. The monoisotopic (exact) mass is 336 g/mol. The van der Waals surface area contributed by atoms with Gasteiger partial charge in [-0.3, -0.25) is 9.89 Å². The molecule has 0 aliphatic carbocycles. The number of aromatic amines is 1. The number of carbonyl (C=O) groups is 1. The van der Waals surface area contributed by atoms with Crippen molar-refractivity contribution < 1.29 is 4.79 Å². The smallest absolute Gasteiger partial charge is 0.238 e. The minimum atomic E-state index is -0.211. The highest BCUT2D eigenvalue weighted by molar-refractivity contribution is 9.10. The number of aromatic nitrogens is 3. The third-order valence-corrected chi connectivity index (χ3v) is 4.29. The molecule has 1 aromatic heterocycles. The van der Waals surface area contributed by atoms with E-state index in [1.54, 1.807) is 0 Å². The second-order valence-electron chi connectivity index (χ2n) is 4.96. The van der Waals surface area contributed by atoms with E-state index in [9.17, 15) is 4.79 Å². The van der Waals surface area contributed by atoms with Gasteiger partial charge in [-0.1, -0.05) is 41.9 Å². The van der Waals surface area contributed by atoms with Gasteiger partial charge in [-0.05, 0) is 25.0 Å². The molecule has 1 unspecified atom stereocenters. The van der Waals surface area contributed by atoms with E-state index in [1.165, 1.54) is 0 Å². The fourth-order valence-electron chi connectivity index (χ4n) is 1.72. The number of amides is 1. The summed E-state index contributed by atoms with van der Waals surface area (Å²) in [5.41, 5.74) is 1.60. The van der Waals surface area contributed by atoms with Gasteiger partial charge in [0.1, 0.15) is 5.82 Å². The van der Waals surface area contributed by atoms with E-state index in [0.29, 0.717) is 5.82 Å². The molecule has 0 aliphatic heterocycles. The van der Waals surface area contributed by atoms with E-state index < -0.39 is 0 Å². The third kappa shape index (κ3) is 3.45. The van der Waals surface area contributed by atoms with Crippen molar-refractivity contribution in [3.63, 3.8) is 0 Å². The Balaban J connectivity index is 2.16. The molecule has 1 atom stereocenters. The Labute approximate surface area is 126 Å². The van der Waals surface area contributed by atoms with Gasteiger partial charge in [0, 0.05) is 11.3 Å². The molecule has 0 saturated heterocycles. The Morgan fingerprint density at radius 2 is 2.15 bits per heavy atom. The molecule has 1 heterocycles. The maximum Gasteiger partial charge on any atom is 0.238 e. The molecule has 0 spiro atoms. The van der Waals surface area contributed by atoms with Crippen molar-refractivity contribution in [2.45, 2.75) is 25.6 Å². The normalized spacial score (nSPS) is 12.4. The molecule has 2 N–H and O–H groups in total. The second kappa shape index (κ2) is 6.17. The molecule has 0 saturated carbocycles. The molecule has 2 aromatic rings. The van der Waals surface area contributed by atoms with Crippen LogP contribution in [0, 0.1) is 12.8 Å². The average molecular weight is 337 g/mol. The molecule has 0 radical (unpaired) electrons. The minimum absolute atomic E-state index is 0.0525. The van der Waals surface area contributed by atoms with Crippen LogP contribution < -0.4 is 5.32 Å². The van der Waals surface area contributed by atoms with Gasteiger partial charge in [-0.15, -0.1) is 0 Å². The van der Waals surface area contributed by atoms with Crippen LogP contribution in [0.15, 0.2) is 24.3 Å². The molecule has 0 aliphatic rings. The summed E-state index contributed by atoms with van der Waals surface area (Å²) in [6.45, 7) is 5.83. The van der Waals surface area contributed by atoms with Crippen LogP contribution in [0.25, 0.3) is 11.4 Å². The maximum atomic E-state index is 12.0.